The van der Waals surface area contributed by atoms with E-state index in [-0.39, 0.29) is 5.56 Å². The summed E-state index contributed by atoms with van der Waals surface area (Å²) in [5.41, 5.74) is 1.87. The van der Waals surface area contributed by atoms with Crippen LogP contribution in [0.4, 0.5) is 0 Å². The third kappa shape index (κ3) is 3.04. The molecule has 2 aromatic carbocycles. The Morgan fingerprint density at radius 1 is 1.15 bits per heavy atom. The fourth-order valence-electron chi connectivity index (χ4n) is 1.88. The van der Waals surface area contributed by atoms with Crippen molar-refractivity contribution < 1.29 is 0 Å². The van der Waals surface area contributed by atoms with E-state index in [0.29, 0.717) is 10.5 Å². The topological polar surface area (TPSA) is 45.8 Å². The van der Waals surface area contributed by atoms with Crippen LogP contribution in [0.2, 0.25) is 0 Å². The Bertz CT molecular complexity index is 802. The zero-order valence-electron chi connectivity index (χ0n) is 10.5. The van der Waals surface area contributed by atoms with Crippen LogP contribution in [0.5, 0.6) is 0 Å². The first-order valence-corrected chi connectivity index (χ1v) is 8.15. The lowest BCUT2D eigenvalue weighted by atomic mass is 10.2. The molecule has 0 amide bonds. The second-order valence-corrected chi connectivity index (χ2v) is 6.52. The normalized spacial score (nSPS) is 10.8. The number of halogens is 1. The maximum absolute atomic E-state index is 12.1. The van der Waals surface area contributed by atoms with Gasteiger partial charge in [0.1, 0.15) is 0 Å². The molecule has 1 aromatic heterocycles. The van der Waals surface area contributed by atoms with Gasteiger partial charge in [0.25, 0.3) is 5.56 Å². The maximum atomic E-state index is 12.1. The van der Waals surface area contributed by atoms with E-state index in [0.717, 1.165) is 14.8 Å². The molecular formula is C15H11IN2OS. The van der Waals surface area contributed by atoms with Gasteiger partial charge in [0.2, 0.25) is 0 Å². The van der Waals surface area contributed by atoms with E-state index in [1.165, 1.54) is 17.3 Å². The van der Waals surface area contributed by atoms with Gasteiger partial charge in [0.15, 0.2) is 5.16 Å². The number of hydrogen-bond donors (Lipinski definition) is 1. The molecule has 1 heterocycles. The number of aromatic nitrogens is 2. The Balaban J connectivity index is 1.89. The number of thioether (sulfide) groups is 1. The van der Waals surface area contributed by atoms with Gasteiger partial charge in [0, 0.05) is 9.32 Å². The first kappa shape index (κ1) is 13.6. The minimum absolute atomic E-state index is 0.0796. The number of aromatic amines is 1. The Morgan fingerprint density at radius 2 is 1.95 bits per heavy atom. The Hall–Kier alpha value is -1.34. The summed E-state index contributed by atoms with van der Waals surface area (Å²) in [6.45, 7) is 0. The van der Waals surface area contributed by atoms with Crippen LogP contribution in [0.25, 0.3) is 10.9 Å². The zero-order valence-corrected chi connectivity index (χ0v) is 13.4. The Labute approximate surface area is 134 Å². The maximum Gasteiger partial charge on any atom is 0.259 e. The van der Waals surface area contributed by atoms with Crippen molar-refractivity contribution in [1.82, 2.24) is 9.97 Å². The first-order valence-electron chi connectivity index (χ1n) is 6.09. The lowest BCUT2D eigenvalue weighted by Gasteiger charge is -2.03. The van der Waals surface area contributed by atoms with E-state index in [1.807, 2.05) is 36.4 Å². The molecule has 0 unspecified atom stereocenters. The SMILES string of the molecule is O=c1[nH]c(SCc2ccccc2)nc2ccc(I)cc12. The van der Waals surface area contributed by atoms with Gasteiger partial charge in [-0.3, -0.25) is 4.79 Å². The molecule has 0 atom stereocenters. The number of nitrogens with zero attached hydrogens (tertiary/aromatic N) is 1. The molecule has 0 aliphatic rings. The van der Waals surface area contributed by atoms with Gasteiger partial charge in [-0.1, -0.05) is 42.1 Å². The largest absolute Gasteiger partial charge is 0.301 e. The lowest BCUT2D eigenvalue weighted by Crippen LogP contribution is -2.09. The van der Waals surface area contributed by atoms with E-state index in [9.17, 15) is 4.79 Å². The highest BCUT2D eigenvalue weighted by Crippen LogP contribution is 2.20. The summed E-state index contributed by atoms with van der Waals surface area (Å²) in [6, 6.07) is 15.8. The number of fused-ring (bicyclic) bond motifs is 1. The molecule has 0 saturated heterocycles. The molecule has 0 radical (unpaired) electrons. The van der Waals surface area contributed by atoms with E-state index < -0.39 is 0 Å². The average molecular weight is 394 g/mol. The molecule has 20 heavy (non-hydrogen) atoms. The van der Waals surface area contributed by atoms with E-state index >= 15 is 0 Å². The molecule has 3 rings (SSSR count). The summed E-state index contributed by atoms with van der Waals surface area (Å²) in [7, 11) is 0. The molecule has 0 fully saturated rings. The van der Waals surface area contributed by atoms with Gasteiger partial charge in [-0.2, -0.15) is 0 Å². The van der Waals surface area contributed by atoms with Crippen molar-refractivity contribution in [3.63, 3.8) is 0 Å². The predicted octanol–water partition coefficient (Wildman–Crippen LogP) is 3.82. The molecule has 0 bridgehead atoms. The molecule has 0 aliphatic heterocycles. The summed E-state index contributed by atoms with van der Waals surface area (Å²) in [5.74, 6) is 0.791. The standard InChI is InChI=1S/C15H11IN2OS/c16-11-6-7-13-12(8-11)14(19)18-15(17-13)20-9-10-4-2-1-3-5-10/h1-8H,9H2,(H,17,18,19). The summed E-state index contributed by atoms with van der Waals surface area (Å²) in [4.78, 5) is 19.4. The highest BCUT2D eigenvalue weighted by Gasteiger charge is 2.05. The summed E-state index contributed by atoms with van der Waals surface area (Å²) in [5, 5.41) is 1.30. The number of nitrogens with one attached hydrogen (secondary N) is 1. The van der Waals surface area contributed by atoms with Gasteiger partial charge in [-0.25, -0.2) is 4.98 Å². The molecule has 3 aromatic rings. The molecule has 3 nitrogen and oxygen atoms in total. The van der Waals surface area contributed by atoms with Crippen LogP contribution in [-0.2, 0) is 5.75 Å². The smallest absolute Gasteiger partial charge is 0.259 e. The number of hydrogen-bond acceptors (Lipinski definition) is 3. The third-order valence-corrected chi connectivity index (χ3v) is 4.48. The van der Waals surface area contributed by atoms with Crippen molar-refractivity contribution in [1.29, 1.82) is 0 Å². The summed E-state index contributed by atoms with van der Waals surface area (Å²) < 4.78 is 1.03. The van der Waals surface area contributed by atoms with Crippen molar-refractivity contribution >= 4 is 45.3 Å². The quantitative estimate of drug-likeness (QED) is 0.418. The Kier molecular flexibility index (Phi) is 4.07. The van der Waals surface area contributed by atoms with Crippen LogP contribution in [-0.4, -0.2) is 9.97 Å². The third-order valence-electron chi connectivity index (χ3n) is 2.86. The van der Waals surface area contributed by atoms with E-state index in [2.05, 4.69) is 44.7 Å². The summed E-state index contributed by atoms with van der Waals surface area (Å²) >= 11 is 3.73. The van der Waals surface area contributed by atoms with Crippen molar-refractivity contribution in [2.45, 2.75) is 10.9 Å². The van der Waals surface area contributed by atoms with E-state index in [4.69, 9.17) is 0 Å². The van der Waals surface area contributed by atoms with Crippen LogP contribution < -0.4 is 5.56 Å². The van der Waals surface area contributed by atoms with Crippen LogP contribution in [0.15, 0.2) is 58.5 Å². The highest BCUT2D eigenvalue weighted by molar-refractivity contribution is 14.1. The summed E-state index contributed by atoms with van der Waals surface area (Å²) in [6.07, 6.45) is 0. The fourth-order valence-corrected chi connectivity index (χ4v) is 3.20. The Morgan fingerprint density at radius 3 is 2.75 bits per heavy atom. The van der Waals surface area contributed by atoms with Gasteiger partial charge in [-0.15, -0.1) is 0 Å². The van der Waals surface area contributed by atoms with E-state index in [1.54, 1.807) is 0 Å². The number of H-pyrrole nitrogens is 1. The minimum atomic E-state index is -0.0796. The van der Waals surface area contributed by atoms with Crippen molar-refractivity contribution in [2.75, 3.05) is 0 Å². The van der Waals surface area contributed by atoms with Crippen molar-refractivity contribution in [3.8, 4) is 0 Å². The monoisotopic (exact) mass is 394 g/mol. The first-order chi connectivity index (χ1) is 9.72. The highest BCUT2D eigenvalue weighted by atomic mass is 127. The van der Waals surface area contributed by atoms with Crippen molar-refractivity contribution in [3.05, 3.63) is 68.0 Å². The second-order valence-electron chi connectivity index (χ2n) is 4.31. The van der Waals surface area contributed by atoms with Crippen LogP contribution in [0, 0.1) is 3.57 Å². The fraction of sp³-hybridized carbons (Fsp3) is 0.0667. The van der Waals surface area contributed by atoms with Gasteiger partial charge in [0.05, 0.1) is 10.9 Å². The lowest BCUT2D eigenvalue weighted by molar-refractivity contribution is 0.973. The van der Waals surface area contributed by atoms with Gasteiger partial charge in [-0.05, 0) is 46.4 Å². The molecular weight excluding hydrogens is 383 g/mol. The number of rotatable bonds is 3. The van der Waals surface area contributed by atoms with Crippen molar-refractivity contribution in [2.24, 2.45) is 0 Å². The van der Waals surface area contributed by atoms with Crippen LogP contribution >= 0.6 is 34.4 Å². The van der Waals surface area contributed by atoms with Gasteiger partial charge < -0.3 is 4.98 Å². The zero-order chi connectivity index (χ0) is 13.9. The van der Waals surface area contributed by atoms with Crippen LogP contribution in [0.3, 0.4) is 0 Å². The molecule has 0 spiro atoms. The molecule has 100 valence electrons. The molecule has 1 N–H and O–H groups in total. The van der Waals surface area contributed by atoms with Gasteiger partial charge >= 0.3 is 0 Å². The second kappa shape index (κ2) is 5.97. The minimum Gasteiger partial charge on any atom is -0.301 e. The van der Waals surface area contributed by atoms with Crippen LogP contribution in [0.1, 0.15) is 5.56 Å². The predicted molar refractivity (Wildman–Crippen MR) is 91.1 cm³/mol. The molecule has 0 saturated carbocycles. The average Bonchev–Trinajstić information content (AvgIpc) is 2.47. The number of benzene rings is 2. The molecule has 0 aliphatic carbocycles. The molecule has 5 heteroatoms.